The first-order chi connectivity index (χ1) is 13.8. The summed E-state index contributed by atoms with van der Waals surface area (Å²) < 4.78 is 47.3. The van der Waals surface area contributed by atoms with Gasteiger partial charge >= 0.3 is 16.4 Å². The first kappa shape index (κ1) is 17.5. The number of hydrogen-bond donors (Lipinski definition) is 2. The lowest BCUT2D eigenvalue weighted by Gasteiger charge is -2.36. The van der Waals surface area contributed by atoms with Gasteiger partial charge in [0.05, 0.1) is 5.56 Å². The second-order valence-electron chi connectivity index (χ2n) is 6.57. The highest BCUT2D eigenvalue weighted by Gasteiger charge is 2.53. The summed E-state index contributed by atoms with van der Waals surface area (Å²) in [4.78, 5) is 12.6. The predicted molar refractivity (Wildman–Crippen MR) is 98.5 cm³/mol. The van der Waals surface area contributed by atoms with Gasteiger partial charge in [-0.3, -0.25) is 4.55 Å². The van der Waals surface area contributed by atoms with Gasteiger partial charge in [0.25, 0.3) is 0 Å². The van der Waals surface area contributed by atoms with Gasteiger partial charge in [0.1, 0.15) is 23.0 Å². The van der Waals surface area contributed by atoms with E-state index in [2.05, 4.69) is 4.18 Å². The minimum atomic E-state index is -4.74. The average Bonchev–Trinajstić information content (AvgIpc) is 2.94. The average molecular weight is 412 g/mol. The first-order valence-electron chi connectivity index (χ1n) is 8.43. The summed E-state index contributed by atoms with van der Waals surface area (Å²) >= 11 is 0. The van der Waals surface area contributed by atoms with E-state index >= 15 is 0 Å². The van der Waals surface area contributed by atoms with Gasteiger partial charge in [0.2, 0.25) is 0 Å². The fourth-order valence-corrected chi connectivity index (χ4v) is 4.17. The lowest BCUT2D eigenvalue weighted by Crippen LogP contribution is -2.33. The van der Waals surface area contributed by atoms with Crippen LogP contribution in [0.15, 0.2) is 60.7 Å². The Balaban J connectivity index is 1.80. The maximum absolute atomic E-state index is 12.6. The standard InChI is InChI=1S/C20H12O8S/c21-11-5-7-15-17(9-11)26-18-10-12(28-29(23,24)25)6-8-16(18)20(15)14-4-2-1-3-13(14)19(22)27-20/h1-10,21H,(H,23,24,25). The number of hydrogen-bond acceptors (Lipinski definition) is 7. The van der Waals surface area contributed by atoms with E-state index in [9.17, 15) is 18.3 Å². The summed E-state index contributed by atoms with van der Waals surface area (Å²) in [6, 6.07) is 15.4. The Labute approximate surface area is 164 Å². The summed E-state index contributed by atoms with van der Waals surface area (Å²) in [5, 5.41) is 9.90. The van der Waals surface area contributed by atoms with Crippen molar-refractivity contribution >= 4 is 16.4 Å². The summed E-state index contributed by atoms with van der Waals surface area (Å²) in [6.45, 7) is 0. The normalized spacial score (nSPS) is 19.0. The summed E-state index contributed by atoms with van der Waals surface area (Å²) in [6.07, 6.45) is 0. The third kappa shape index (κ3) is 2.55. The molecule has 2 aliphatic rings. The number of fused-ring (bicyclic) bond motifs is 6. The molecule has 2 N–H and O–H groups in total. The molecule has 1 atom stereocenters. The molecule has 3 aromatic rings. The Hall–Kier alpha value is -3.56. The van der Waals surface area contributed by atoms with Gasteiger partial charge in [-0.25, -0.2) is 4.79 Å². The van der Waals surface area contributed by atoms with Crippen molar-refractivity contribution in [3.05, 3.63) is 82.9 Å². The largest absolute Gasteiger partial charge is 0.508 e. The molecule has 1 unspecified atom stereocenters. The topological polar surface area (TPSA) is 119 Å². The van der Waals surface area contributed by atoms with Crippen LogP contribution in [0.3, 0.4) is 0 Å². The molecule has 9 heteroatoms. The number of carbonyl (C=O) groups excluding carboxylic acids is 1. The van der Waals surface area contributed by atoms with Crippen molar-refractivity contribution in [3.8, 4) is 23.0 Å². The first-order valence-corrected chi connectivity index (χ1v) is 9.80. The molecule has 0 saturated carbocycles. The smallest absolute Gasteiger partial charge is 0.446 e. The molecule has 0 aromatic heterocycles. The molecular weight excluding hydrogens is 400 g/mol. The van der Waals surface area contributed by atoms with Crippen LogP contribution < -0.4 is 8.92 Å². The molecule has 2 aliphatic heterocycles. The predicted octanol–water partition coefficient (Wildman–Crippen LogP) is 3.14. The van der Waals surface area contributed by atoms with Crippen LogP contribution in [0.2, 0.25) is 0 Å². The van der Waals surface area contributed by atoms with E-state index in [0.717, 1.165) is 0 Å². The van der Waals surface area contributed by atoms with Crippen molar-refractivity contribution in [3.63, 3.8) is 0 Å². The van der Waals surface area contributed by atoms with Crippen molar-refractivity contribution in [2.75, 3.05) is 0 Å². The number of benzene rings is 3. The van der Waals surface area contributed by atoms with Crippen molar-refractivity contribution in [2.45, 2.75) is 5.60 Å². The molecule has 3 aromatic carbocycles. The van der Waals surface area contributed by atoms with Crippen LogP contribution in [-0.4, -0.2) is 24.0 Å². The van der Waals surface area contributed by atoms with E-state index in [0.29, 0.717) is 22.3 Å². The van der Waals surface area contributed by atoms with E-state index in [1.807, 2.05) is 0 Å². The van der Waals surface area contributed by atoms with Crippen LogP contribution in [0.1, 0.15) is 27.0 Å². The van der Waals surface area contributed by atoms with Crippen LogP contribution in [0, 0.1) is 0 Å². The number of phenolic OH excluding ortho intramolecular Hbond substituents is 1. The Morgan fingerprint density at radius 3 is 2.34 bits per heavy atom. The Kier molecular flexibility index (Phi) is 3.46. The minimum Gasteiger partial charge on any atom is -0.508 e. The van der Waals surface area contributed by atoms with Crippen molar-refractivity contribution < 1.29 is 36.5 Å². The fourth-order valence-electron chi connectivity index (χ4n) is 3.82. The monoisotopic (exact) mass is 412 g/mol. The lowest BCUT2D eigenvalue weighted by molar-refractivity contribution is 0.0224. The molecule has 8 nitrogen and oxygen atoms in total. The van der Waals surface area contributed by atoms with Crippen LogP contribution in [0.25, 0.3) is 0 Å². The van der Waals surface area contributed by atoms with Crippen LogP contribution >= 0.6 is 0 Å². The summed E-state index contributed by atoms with van der Waals surface area (Å²) in [5.41, 5.74) is 0.574. The molecule has 29 heavy (non-hydrogen) atoms. The molecule has 5 rings (SSSR count). The molecule has 146 valence electrons. The highest BCUT2D eigenvalue weighted by molar-refractivity contribution is 7.81. The van der Waals surface area contributed by atoms with Gasteiger partial charge in [-0.05, 0) is 30.3 Å². The number of rotatable bonds is 2. The van der Waals surface area contributed by atoms with Gasteiger partial charge in [-0.1, -0.05) is 18.2 Å². The van der Waals surface area contributed by atoms with E-state index in [1.165, 1.54) is 30.3 Å². The highest BCUT2D eigenvalue weighted by atomic mass is 32.3. The van der Waals surface area contributed by atoms with Crippen LogP contribution in [0.4, 0.5) is 0 Å². The molecule has 0 aliphatic carbocycles. The molecule has 1 spiro atoms. The van der Waals surface area contributed by atoms with Gasteiger partial charge in [0.15, 0.2) is 5.60 Å². The van der Waals surface area contributed by atoms with Crippen molar-refractivity contribution in [1.82, 2.24) is 0 Å². The number of esters is 1. The van der Waals surface area contributed by atoms with Gasteiger partial charge in [-0.2, -0.15) is 8.42 Å². The second kappa shape index (κ2) is 5.72. The van der Waals surface area contributed by atoms with Crippen LogP contribution in [0.5, 0.6) is 23.0 Å². The number of carbonyl (C=O) groups is 1. The molecule has 2 heterocycles. The third-order valence-electron chi connectivity index (χ3n) is 4.87. The van der Waals surface area contributed by atoms with Crippen molar-refractivity contribution in [1.29, 1.82) is 0 Å². The minimum absolute atomic E-state index is 0.0645. The van der Waals surface area contributed by atoms with Gasteiger partial charge in [-0.15, -0.1) is 0 Å². The highest BCUT2D eigenvalue weighted by Crippen LogP contribution is 2.56. The quantitative estimate of drug-likeness (QED) is 0.487. The maximum atomic E-state index is 12.6. The van der Waals surface area contributed by atoms with Gasteiger partial charge < -0.3 is 18.8 Å². The maximum Gasteiger partial charge on any atom is 0.446 e. The summed E-state index contributed by atoms with van der Waals surface area (Å²) in [5.74, 6) is -0.404. The summed E-state index contributed by atoms with van der Waals surface area (Å²) in [7, 11) is -4.74. The van der Waals surface area contributed by atoms with E-state index < -0.39 is 22.0 Å². The molecule has 0 amide bonds. The molecule has 0 radical (unpaired) electrons. The second-order valence-corrected chi connectivity index (χ2v) is 7.59. The molecule has 0 saturated heterocycles. The Morgan fingerprint density at radius 1 is 0.897 bits per heavy atom. The number of phenols is 1. The number of aromatic hydroxyl groups is 1. The van der Waals surface area contributed by atoms with Crippen molar-refractivity contribution in [2.24, 2.45) is 0 Å². The van der Waals surface area contributed by atoms with Crippen LogP contribution in [-0.2, 0) is 20.7 Å². The Morgan fingerprint density at radius 2 is 1.59 bits per heavy atom. The van der Waals surface area contributed by atoms with E-state index in [-0.39, 0.29) is 23.0 Å². The van der Waals surface area contributed by atoms with Gasteiger partial charge in [0, 0.05) is 28.8 Å². The fraction of sp³-hybridized carbons (Fsp3) is 0.0500. The Bertz CT molecular complexity index is 1300. The zero-order chi connectivity index (χ0) is 20.4. The number of ether oxygens (including phenoxy) is 2. The van der Waals surface area contributed by atoms with E-state index in [4.69, 9.17) is 14.0 Å². The SMILES string of the molecule is O=C1OC2(c3ccc(O)cc3Oc3cc(OS(=O)(=O)O)ccc32)c2ccccc21. The third-order valence-corrected chi connectivity index (χ3v) is 5.27. The zero-order valence-electron chi connectivity index (χ0n) is 14.5. The van der Waals surface area contributed by atoms with E-state index in [1.54, 1.807) is 30.3 Å². The molecule has 0 bridgehead atoms. The molecular formula is C20H12O8S. The zero-order valence-corrected chi connectivity index (χ0v) is 15.3. The lowest BCUT2D eigenvalue weighted by atomic mass is 9.77. The molecule has 0 fully saturated rings.